The number of carbonyl (C=O) groups is 2. The van der Waals surface area contributed by atoms with Crippen LogP contribution in [0.4, 0.5) is 16.2 Å². The van der Waals surface area contributed by atoms with Crippen LogP contribution in [0.1, 0.15) is 12.0 Å². The van der Waals surface area contributed by atoms with E-state index in [1.807, 2.05) is 24.3 Å². The molecule has 24 heavy (non-hydrogen) atoms. The molecular weight excluding hydrogens is 328 g/mol. The summed E-state index contributed by atoms with van der Waals surface area (Å²) in [5.41, 5.74) is 2.48. The first-order chi connectivity index (χ1) is 11.6. The number of carbonyl (C=O) groups excluding carboxylic acids is 2. The number of rotatable bonds is 5. The smallest absolute Gasteiger partial charge is 0.414 e. The highest BCUT2D eigenvalue weighted by atomic mass is 35.5. The molecule has 1 N–H and O–H groups in total. The molecule has 0 atom stereocenters. The van der Waals surface area contributed by atoms with E-state index in [4.69, 9.17) is 16.3 Å². The third-order valence-corrected chi connectivity index (χ3v) is 3.99. The van der Waals surface area contributed by atoms with Gasteiger partial charge in [-0.25, -0.2) is 4.79 Å². The van der Waals surface area contributed by atoms with Crippen molar-refractivity contribution in [2.75, 3.05) is 23.4 Å². The first-order valence-corrected chi connectivity index (χ1v) is 8.08. The molecule has 2 amide bonds. The molecule has 2 aromatic carbocycles. The van der Waals surface area contributed by atoms with Crippen molar-refractivity contribution in [3.63, 3.8) is 0 Å². The van der Waals surface area contributed by atoms with Crippen LogP contribution in [-0.4, -0.2) is 25.2 Å². The molecule has 0 bridgehead atoms. The minimum Gasteiger partial charge on any atom is -0.447 e. The van der Waals surface area contributed by atoms with Gasteiger partial charge in [-0.3, -0.25) is 9.69 Å². The van der Waals surface area contributed by atoms with Crippen LogP contribution in [0.2, 0.25) is 5.02 Å². The van der Waals surface area contributed by atoms with E-state index in [1.54, 1.807) is 29.2 Å². The van der Waals surface area contributed by atoms with Crippen molar-refractivity contribution in [3.05, 3.63) is 59.1 Å². The van der Waals surface area contributed by atoms with Gasteiger partial charge >= 0.3 is 6.09 Å². The molecule has 3 rings (SSSR count). The summed E-state index contributed by atoms with van der Waals surface area (Å²) in [4.78, 5) is 25.1. The average molecular weight is 345 g/mol. The van der Waals surface area contributed by atoms with Gasteiger partial charge in [0.15, 0.2) is 0 Å². The summed E-state index contributed by atoms with van der Waals surface area (Å²) in [7, 11) is 0. The number of nitrogens with one attached hydrogen (secondary N) is 1. The van der Waals surface area contributed by atoms with Crippen molar-refractivity contribution in [3.8, 4) is 0 Å². The number of anilines is 2. The Kier molecular flexibility index (Phi) is 5.01. The molecule has 1 fully saturated rings. The van der Waals surface area contributed by atoms with E-state index < -0.39 is 0 Å². The lowest BCUT2D eigenvalue weighted by molar-refractivity contribution is -0.116. The fraction of sp³-hybridized carbons (Fsp3) is 0.222. The normalized spacial score (nSPS) is 13.7. The number of ether oxygens (including phenoxy) is 1. The fourth-order valence-corrected chi connectivity index (χ4v) is 2.74. The Morgan fingerprint density at radius 3 is 2.67 bits per heavy atom. The number of benzene rings is 2. The molecule has 1 aliphatic heterocycles. The van der Waals surface area contributed by atoms with E-state index in [2.05, 4.69) is 5.32 Å². The van der Waals surface area contributed by atoms with Crippen molar-refractivity contribution in [1.29, 1.82) is 0 Å². The van der Waals surface area contributed by atoms with Crippen molar-refractivity contribution >= 4 is 35.0 Å². The molecule has 1 aliphatic rings. The Bertz CT molecular complexity index is 746. The third kappa shape index (κ3) is 4.06. The molecule has 124 valence electrons. The summed E-state index contributed by atoms with van der Waals surface area (Å²) < 4.78 is 4.90. The second kappa shape index (κ2) is 7.36. The molecule has 0 unspecified atom stereocenters. The summed E-state index contributed by atoms with van der Waals surface area (Å²) in [5, 5.41) is 3.52. The van der Waals surface area contributed by atoms with Crippen molar-refractivity contribution < 1.29 is 14.3 Å². The quantitative estimate of drug-likeness (QED) is 0.895. The standard InChI is InChI=1S/C18H17ClN2O3/c19-14-3-1-2-13(12-14)4-9-17(22)20-15-5-7-16(8-6-15)21-10-11-24-18(21)23/h1-3,5-8,12H,4,9-11H2,(H,20,22). The van der Waals surface area contributed by atoms with E-state index in [-0.39, 0.29) is 12.0 Å². The maximum Gasteiger partial charge on any atom is 0.414 e. The Labute approximate surface area is 145 Å². The molecule has 1 heterocycles. The SMILES string of the molecule is O=C(CCc1cccc(Cl)c1)Nc1ccc(N2CCOC2=O)cc1. The van der Waals surface area contributed by atoms with E-state index in [9.17, 15) is 9.59 Å². The molecule has 5 nitrogen and oxygen atoms in total. The molecule has 6 heteroatoms. The van der Waals surface area contributed by atoms with Crippen LogP contribution < -0.4 is 10.2 Å². The fourth-order valence-electron chi connectivity index (χ4n) is 2.53. The molecule has 1 saturated heterocycles. The number of aryl methyl sites for hydroxylation is 1. The number of halogens is 1. The van der Waals surface area contributed by atoms with E-state index in [1.165, 1.54) is 0 Å². The maximum atomic E-state index is 12.0. The van der Waals surface area contributed by atoms with Gasteiger partial charge in [0.1, 0.15) is 6.61 Å². The average Bonchev–Trinajstić information content (AvgIpc) is 3.00. The minimum atomic E-state index is -0.340. The number of nitrogens with zero attached hydrogens (tertiary/aromatic N) is 1. The lowest BCUT2D eigenvalue weighted by Gasteiger charge is -2.13. The lowest BCUT2D eigenvalue weighted by Crippen LogP contribution is -2.23. The summed E-state index contributed by atoms with van der Waals surface area (Å²) in [6, 6.07) is 14.6. The molecule has 2 aromatic rings. The monoisotopic (exact) mass is 344 g/mol. The molecule has 0 saturated carbocycles. The summed E-state index contributed by atoms with van der Waals surface area (Å²) in [6.45, 7) is 0.949. The highest BCUT2D eigenvalue weighted by Crippen LogP contribution is 2.21. The van der Waals surface area contributed by atoms with Gasteiger partial charge < -0.3 is 10.1 Å². The molecule has 0 aromatic heterocycles. The van der Waals surface area contributed by atoms with Crippen LogP contribution in [0.15, 0.2) is 48.5 Å². The highest BCUT2D eigenvalue weighted by Gasteiger charge is 2.23. The third-order valence-electron chi connectivity index (χ3n) is 3.75. The van der Waals surface area contributed by atoms with Crippen molar-refractivity contribution in [2.24, 2.45) is 0 Å². The zero-order chi connectivity index (χ0) is 16.9. The lowest BCUT2D eigenvalue weighted by atomic mass is 10.1. The Balaban J connectivity index is 1.53. The number of cyclic esters (lactones) is 1. The second-order valence-corrected chi connectivity index (χ2v) is 5.93. The van der Waals surface area contributed by atoms with E-state index in [0.717, 1.165) is 11.3 Å². The summed E-state index contributed by atoms with van der Waals surface area (Å²) in [6.07, 6.45) is 0.665. The van der Waals surface area contributed by atoms with Gasteiger partial charge in [-0.05, 0) is 48.4 Å². The van der Waals surface area contributed by atoms with Crippen LogP contribution in [0.5, 0.6) is 0 Å². The molecule has 0 spiro atoms. The predicted molar refractivity (Wildman–Crippen MR) is 93.5 cm³/mol. The molecular formula is C18H17ClN2O3. The maximum absolute atomic E-state index is 12.0. The molecule has 0 aliphatic carbocycles. The Hall–Kier alpha value is -2.53. The van der Waals surface area contributed by atoms with Gasteiger partial charge in [0.25, 0.3) is 0 Å². The van der Waals surface area contributed by atoms with Gasteiger partial charge in [0.05, 0.1) is 6.54 Å². The summed E-state index contributed by atoms with van der Waals surface area (Å²) in [5.74, 6) is -0.0664. The van der Waals surface area contributed by atoms with Crippen molar-refractivity contribution in [1.82, 2.24) is 0 Å². The minimum absolute atomic E-state index is 0.0664. The Morgan fingerprint density at radius 2 is 2.00 bits per heavy atom. The summed E-state index contributed by atoms with van der Waals surface area (Å²) >= 11 is 5.93. The highest BCUT2D eigenvalue weighted by molar-refractivity contribution is 6.30. The van der Waals surface area contributed by atoms with Crippen LogP contribution in [-0.2, 0) is 16.0 Å². The zero-order valence-corrected chi connectivity index (χ0v) is 13.8. The van der Waals surface area contributed by atoms with Crippen LogP contribution in [0, 0.1) is 0 Å². The first-order valence-electron chi connectivity index (χ1n) is 7.70. The number of hydrogen-bond donors (Lipinski definition) is 1. The van der Waals surface area contributed by atoms with Crippen LogP contribution >= 0.6 is 11.6 Å². The zero-order valence-electron chi connectivity index (χ0n) is 13.0. The van der Waals surface area contributed by atoms with Crippen LogP contribution in [0.25, 0.3) is 0 Å². The van der Waals surface area contributed by atoms with Gasteiger partial charge in [0, 0.05) is 22.8 Å². The topological polar surface area (TPSA) is 58.6 Å². The van der Waals surface area contributed by atoms with Gasteiger partial charge in [-0.2, -0.15) is 0 Å². The Morgan fingerprint density at radius 1 is 1.21 bits per heavy atom. The van der Waals surface area contributed by atoms with Crippen molar-refractivity contribution in [2.45, 2.75) is 12.8 Å². The molecule has 0 radical (unpaired) electrons. The number of hydrogen-bond acceptors (Lipinski definition) is 3. The first kappa shape index (κ1) is 16.3. The predicted octanol–water partition coefficient (Wildman–Crippen LogP) is 3.87. The van der Waals surface area contributed by atoms with Gasteiger partial charge in [0.2, 0.25) is 5.91 Å². The van der Waals surface area contributed by atoms with E-state index in [0.29, 0.717) is 36.7 Å². The number of amides is 2. The van der Waals surface area contributed by atoms with Gasteiger partial charge in [-0.15, -0.1) is 0 Å². The largest absolute Gasteiger partial charge is 0.447 e. The van der Waals surface area contributed by atoms with Crippen LogP contribution in [0.3, 0.4) is 0 Å². The van der Waals surface area contributed by atoms with E-state index >= 15 is 0 Å². The second-order valence-electron chi connectivity index (χ2n) is 5.49. The van der Waals surface area contributed by atoms with Gasteiger partial charge in [-0.1, -0.05) is 23.7 Å².